The van der Waals surface area contributed by atoms with E-state index in [9.17, 15) is 13.2 Å². The standard InChI is InChI=1S/C13H19F3N4/c1-19(2)9-4-3-5-20(8-9)11-6-12(13(14,15)16)18-7-10(11)17/h6-7,9H,3-5,8,17H2,1-2H3. The number of nitrogens with zero attached hydrogens (tertiary/aromatic N) is 3. The number of aromatic nitrogens is 1. The van der Waals surface area contributed by atoms with Crippen LogP contribution >= 0.6 is 0 Å². The lowest BCUT2D eigenvalue weighted by molar-refractivity contribution is -0.141. The van der Waals surface area contributed by atoms with Gasteiger partial charge in [-0.3, -0.25) is 0 Å². The largest absolute Gasteiger partial charge is 0.433 e. The summed E-state index contributed by atoms with van der Waals surface area (Å²) in [6, 6.07) is 1.37. The first kappa shape index (κ1) is 14.9. The quantitative estimate of drug-likeness (QED) is 0.906. The van der Waals surface area contributed by atoms with Gasteiger partial charge in [-0.15, -0.1) is 0 Å². The Kier molecular flexibility index (Phi) is 4.08. The monoisotopic (exact) mass is 288 g/mol. The van der Waals surface area contributed by atoms with Crippen LogP contribution in [-0.4, -0.2) is 43.1 Å². The predicted octanol–water partition coefficient (Wildman–Crippen LogP) is 2.21. The lowest BCUT2D eigenvalue weighted by atomic mass is 10.0. The van der Waals surface area contributed by atoms with Crippen LogP contribution in [-0.2, 0) is 6.18 Å². The minimum atomic E-state index is -4.45. The maximum absolute atomic E-state index is 12.7. The van der Waals surface area contributed by atoms with E-state index in [-0.39, 0.29) is 5.69 Å². The van der Waals surface area contributed by atoms with Gasteiger partial charge in [-0.2, -0.15) is 13.2 Å². The Labute approximate surface area is 116 Å². The fraction of sp³-hybridized carbons (Fsp3) is 0.615. The molecule has 0 spiro atoms. The van der Waals surface area contributed by atoms with Crippen molar-refractivity contribution in [3.8, 4) is 0 Å². The summed E-state index contributed by atoms with van der Waals surface area (Å²) in [5.74, 6) is 0. The highest BCUT2D eigenvalue weighted by molar-refractivity contribution is 5.67. The highest BCUT2D eigenvalue weighted by Gasteiger charge is 2.34. The first-order valence-corrected chi connectivity index (χ1v) is 6.53. The fourth-order valence-corrected chi connectivity index (χ4v) is 2.48. The minimum Gasteiger partial charge on any atom is -0.396 e. The van der Waals surface area contributed by atoms with Crippen molar-refractivity contribution in [2.75, 3.05) is 37.8 Å². The number of halogens is 3. The molecule has 1 saturated heterocycles. The number of rotatable bonds is 2. The molecule has 112 valence electrons. The van der Waals surface area contributed by atoms with Gasteiger partial charge in [-0.1, -0.05) is 0 Å². The first-order chi connectivity index (χ1) is 9.29. The maximum atomic E-state index is 12.7. The number of alkyl halides is 3. The first-order valence-electron chi connectivity index (χ1n) is 6.53. The lowest BCUT2D eigenvalue weighted by Gasteiger charge is -2.38. The number of hydrogen-bond donors (Lipinski definition) is 1. The summed E-state index contributed by atoms with van der Waals surface area (Å²) in [5.41, 5.74) is 5.62. The molecule has 1 fully saturated rings. The summed E-state index contributed by atoms with van der Waals surface area (Å²) in [7, 11) is 3.95. The second-order valence-corrected chi connectivity index (χ2v) is 5.33. The summed E-state index contributed by atoms with van der Waals surface area (Å²) in [6.07, 6.45) is -1.37. The molecule has 0 bridgehead atoms. The van der Waals surface area contributed by atoms with Crippen molar-refractivity contribution in [2.45, 2.75) is 25.1 Å². The van der Waals surface area contributed by atoms with E-state index >= 15 is 0 Å². The third-order valence-electron chi connectivity index (χ3n) is 3.67. The van der Waals surface area contributed by atoms with Crippen molar-refractivity contribution in [1.29, 1.82) is 0 Å². The summed E-state index contributed by atoms with van der Waals surface area (Å²) in [5, 5.41) is 0. The Balaban J connectivity index is 2.27. The molecule has 1 aromatic rings. The molecule has 2 heterocycles. The molecular formula is C13H19F3N4. The lowest BCUT2D eigenvalue weighted by Crippen LogP contribution is -2.45. The second kappa shape index (κ2) is 5.47. The Hall–Kier alpha value is -1.50. The highest BCUT2D eigenvalue weighted by atomic mass is 19.4. The van der Waals surface area contributed by atoms with Gasteiger partial charge in [0.05, 0.1) is 17.6 Å². The third-order valence-corrected chi connectivity index (χ3v) is 3.67. The number of hydrogen-bond acceptors (Lipinski definition) is 4. The highest BCUT2D eigenvalue weighted by Crippen LogP contribution is 2.33. The molecule has 1 atom stereocenters. The molecular weight excluding hydrogens is 269 g/mol. The van der Waals surface area contributed by atoms with Crippen LogP contribution in [0.15, 0.2) is 12.3 Å². The molecule has 0 aromatic carbocycles. The van der Waals surface area contributed by atoms with Crippen LogP contribution in [0.5, 0.6) is 0 Å². The van der Waals surface area contributed by atoms with E-state index in [1.807, 2.05) is 19.0 Å². The molecule has 1 aliphatic rings. The van der Waals surface area contributed by atoms with Gasteiger partial charge in [0.15, 0.2) is 0 Å². The molecule has 0 aliphatic carbocycles. The van der Waals surface area contributed by atoms with Gasteiger partial charge in [0.2, 0.25) is 0 Å². The molecule has 20 heavy (non-hydrogen) atoms. The van der Waals surface area contributed by atoms with Crippen molar-refractivity contribution in [3.05, 3.63) is 18.0 Å². The zero-order valence-corrected chi connectivity index (χ0v) is 11.6. The molecule has 2 rings (SSSR count). The maximum Gasteiger partial charge on any atom is 0.433 e. The summed E-state index contributed by atoms with van der Waals surface area (Å²) in [4.78, 5) is 7.38. The van der Waals surface area contributed by atoms with E-state index in [1.54, 1.807) is 0 Å². The Morgan fingerprint density at radius 2 is 2.10 bits per heavy atom. The van der Waals surface area contributed by atoms with Crippen LogP contribution in [0.25, 0.3) is 0 Å². The minimum absolute atomic E-state index is 0.289. The normalized spacial score (nSPS) is 20.5. The van der Waals surface area contributed by atoms with Gasteiger partial charge in [0.25, 0.3) is 0 Å². The average Bonchev–Trinajstić information content (AvgIpc) is 2.38. The number of pyridine rings is 1. The summed E-state index contributed by atoms with van der Waals surface area (Å²) in [6.45, 7) is 1.40. The van der Waals surface area contributed by atoms with Gasteiger partial charge in [0, 0.05) is 19.1 Å². The summed E-state index contributed by atoms with van der Waals surface area (Å²) >= 11 is 0. The van der Waals surface area contributed by atoms with Gasteiger partial charge in [-0.25, -0.2) is 4.98 Å². The number of piperidine rings is 1. The van der Waals surface area contributed by atoms with Crippen LogP contribution in [0.3, 0.4) is 0 Å². The van der Waals surface area contributed by atoms with E-state index in [4.69, 9.17) is 5.73 Å². The van der Waals surface area contributed by atoms with E-state index in [2.05, 4.69) is 9.88 Å². The molecule has 0 radical (unpaired) electrons. The average molecular weight is 288 g/mol. The zero-order valence-electron chi connectivity index (χ0n) is 11.6. The number of nitrogens with two attached hydrogens (primary N) is 1. The van der Waals surface area contributed by atoms with Gasteiger partial charge in [-0.05, 0) is 33.0 Å². The van der Waals surface area contributed by atoms with Crippen LogP contribution in [0.1, 0.15) is 18.5 Å². The topological polar surface area (TPSA) is 45.4 Å². The predicted molar refractivity (Wildman–Crippen MR) is 72.6 cm³/mol. The number of anilines is 2. The van der Waals surface area contributed by atoms with Gasteiger partial charge >= 0.3 is 6.18 Å². The molecule has 1 unspecified atom stereocenters. The van der Waals surface area contributed by atoms with Crippen LogP contribution in [0, 0.1) is 0 Å². The SMILES string of the molecule is CN(C)C1CCCN(c2cc(C(F)(F)F)ncc2N)C1. The van der Waals surface area contributed by atoms with Crippen molar-refractivity contribution >= 4 is 11.4 Å². The molecule has 2 N–H and O–H groups in total. The smallest absolute Gasteiger partial charge is 0.396 e. The van der Waals surface area contributed by atoms with Gasteiger partial charge < -0.3 is 15.5 Å². The Bertz CT molecular complexity index is 473. The van der Waals surface area contributed by atoms with Gasteiger partial charge in [0.1, 0.15) is 5.69 Å². The van der Waals surface area contributed by atoms with E-state index < -0.39 is 11.9 Å². The van der Waals surface area contributed by atoms with Crippen molar-refractivity contribution in [1.82, 2.24) is 9.88 Å². The van der Waals surface area contributed by atoms with Crippen LogP contribution < -0.4 is 10.6 Å². The second-order valence-electron chi connectivity index (χ2n) is 5.33. The number of likely N-dealkylation sites (N-methyl/N-ethyl adjacent to an activating group) is 1. The van der Waals surface area contributed by atoms with Crippen LogP contribution in [0.4, 0.5) is 24.5 Å². The number of nitrogen functional groups attached to an aromatic ring is 1. The van der Waals surface area contributed by atoms with Crippen molar-refractivity contribution in [3.63, 3.8) is 0 Å². The van der Waals surface area contributed by atoms with Crippen LogP contribution in [0.2, 0.25) is 0 Å². The third kappa shape index (κ3) is 3.15. The Morgan fingerprint density at radius 1 is 1.40 bits per heavy atom. The molecule has 1 aromatic heterocycles. The van der Waals surface area contributed by atoms with E-state index in [1.165, 1.54) is 0 Å². The molecule has 1 aliphatic heterocycles. The van der Waals surface area contributed by atoms with Crippen molar-refractivity contribution in [2.24, 2.45) is 0 Å². The fourth-order valence-electron chi connectivity index (χ4n) is 2.48. The van der Waals surface area contributed by atoms with E-state index in [0.717, 1.165) is 31.6 Å². The van der Waals surface area contributed by atoms with E-state index in [0.29, 0.717) is 18.3 Å². The molecule has 4 nitrogen and oxygen atoms in total. The molecule has 0 amide bonds. The molecule has 7 heteroatoms. The zero-order chi connectivity index (χ0) is 14.9. The Morgan fingerprint density at radius 3 is 2.70 bits per heavy atom. The summed E-state index contributed by atoms with van der Waals surface area (Å²) < 4.78 is 38.2. The molecule has 0 saturated carbocycles. The van der Waals surface area contributed by atoms with Crippen molar-refractivity contribution < 1.29 is 13.2 Å².